The Labute approximate surface area is 110 Å². The maximum Gasteiger partial charge on any atom is 0.306 e. The molecule has 3 nitrogen and oxygen atoms in total. The van der Waals surface area contributed by atoms with Crippen LogP contribution in [0.15, 0.2) is 0 Å². The summed E-state index contributed by atoms with van der Waals surface area (Å²) in [6.07, 6.45) is 6.10. The van der Waals surface area contributed by atoms with Gasteiger partial charge in [0.05, 0.1) is 13.0 Å². The summed E-state index contributed by atoms with van der Waals surface area (Å²) >= 11 is 0. The average molecular weight is 254 g/mol. The van der Waals surface area contributed by atoms with Crippen molar-refractivity contribution in [2.75, 3.05) is 6.61 Å². The minimum atomic E-state index is -0.206. The van der Waals surface area contributed by atoms with Crippen molar-refractivity contribution in [1.82, 2.24) is 0 Å². The molecule has 0 spiro atoms. The van der Waals surface area contributed by atoms with Crippen LogP contribution in [-0.2, 0) is 14.3 Å². The largest absolute Gasteiger partial charge is 0.466 e. The van der Waals surface area contributed by atoms with Crippen molar-refractivity contribution in [3.8, 4) is 0 Å². The number of Topliss-reactive ketones (excluding diaryl/α,β-unsaturated/α-hetero) is 1. The standard InChI is InChI=1S/C15H26O3/c1-4-5-6-7-8-18-14(17)9-12-10-15(2,3)11-13(12)16/h12H,4-11H2,1-3H3. The van der Waals surface area contributed by atoms with Crippen molar-refractivity contribution < 1.29 is 14.3 Å². The number of ketones is 1. The van der Waals surface area contributed by atoms with Gasteiger partial charge < -0.3 is 4.74 Å². The second kappa shape index (κ2) is 6.91. The maximum atomic E-state index is 11.7. The topological polar surface area (TPSA) is 43.4 Å². The fourth-order valence-electron chi connectivity index (χ4n) is 2.63. The highest BCUT2D eigenvalue weighted by Gasteiger charge is 2.38. The Balaban J connectivity index is 2.18. The smallest absolute Gasteiger partial charge is 0.306 e. The number of carbonyl (C=O) groups is 2. The summed E-state index contributed by atoms with van der Waals surface area (Å²) < 4.78 is 5.18. The van der Waals surface area contributed by atoms with E-state index >= 15 is 0 Å². The third kappa shape index (κ3) is 5.19. The van der Waals surface area contributed by atoms with Crippen molar-refractivity contribution in [1.29, 1.82) is 0 Å². The zero-order valence-electron chi connectivity index (χ0n) is 12.0. The molecule has 0 aromatic carbocycles. The molecule has 0 aromatic rings. The molecule has 0 aromatic heterocycles. The highest BCUT2D eigenvalue weighted by molar-refractivity contribution is 5.87. The summed E-state index contributed by atoms with van der Waals surface area (Å²) in [6, 6.07) is 0. The molecule has 104 valence electrons. The Morgan fingerprint density at radius 2 is 2.06 bits per heavy atom. The van der Waals surface area contributed by atoms with Gasteiger partial charge in [0.15, 0.2) is 0 Å². The van der Waals surface area contributed by atoms with Crippen molar-refractivity contribution >= 4 is 11.8 Å². The maximum absolute atomic E-state index is 11.7. The second-order valence-corrected chi connectivity index (χ2v) is 6.19. The minimum absolute atomic E-state index is 0.0587. The molecular weight excluding hydrogens is 228 g/mol. The van der Waals surface area contributed by atoms with Crippen LogP contribution in [0.4, 0.5) is 0 Å². The van der Waals surface area contributed by atoms with Gasteiger partial charge in [-0.05, 0) is 18.3 Å². The van der Waals surface area contributed by atoms with Gasteiger partial charge in [-0.25, -0.2) is 0 Å². The van der Waals surface area contributed by atoms with Crippen LogP contribution in [0.5, 0.6) is 0 Å². The van der Waals surface area contributed by atoms with E-state index in [9.17, 15) is 9.59 Å². The van der Waals surface area contributed by atoms with Crippen molar-refractivity contribution in [2.24, 2.45) is 11.3 Å². The van der Waals surface area contributed by atoms with Crippen LogP contribution in [-0.4, -0.2) is 18.4 Å². The Morgan fingerprint density at radius 1 is 1.33 bits per heavy atom. The van der Waals surface area contributed by atoms with Crippen LogP contribution >= 0.6 is 0 Å². The summed E-state index contributed by atoms with van der Waals surface area (Å²) in [5.41, 5.74) is 0.0587. The molecule has 3 heteroatoms. The average Bonchev–Trinajstić information content (AvgIpc) is 2.51. The minimum Gasteiger partial charge on any atom is -0.466 e. The number of unbranched alkanes of at least 4 members (excludes halogenated alkanes) is 3. The Kier molecular flexibility index (Phi) is 5.83. The highest BCUT2D eigenvalue weighted by atomic mass is 16.5. The molecule has 0 aliphatic heterocycles. The van der Waals surface area contributed by atoms with Crippen LogP contribution in [0.2, 0.25) is 0 Å². The van der Waals surface area contributed by atoms with E-state index in [4.69, 9.17) is 4.74 Å². The molecule has 1 atom stereocenters. The Morgan fingerprint density at radius 3 is 2.61 bits per heavy atom. The number of ether oxygens (including phenoxy) is 1. The summed E-state index contributed by atoms with van der Waals surface area (Å²) in [7, 11) is 0. The van der Waals surface area contributed by atoms with Gasteiger partial charge in [-0.2, -0.15) is 0 Å². The Hall–Kier alpha value is -0.860. The van der Waals surface area contributed by atoms with Gasteiger partial charge in [0, 0.05) is 12.3 Å². The predicted octanol–water partition coefficient (Wildman–Crippen LogP) is 3.51. The van der Waals surface area contributed by atoms with E-state index in [2.05, 4.69) is 20.8 Å². The molecule has 1 aliphatic rings. The zero-order valence-corrected chi connectivity index (χ0v) is 12.0. The monoisotopic (exact) mass is 254 g/mol. The molecule has 1 aliphatic carbocycles. The van der Waals surface area contributed by atoms with Crippen LogP contribution in [0.25, 0.3) is 0 Å². The first kappa shape index (κ1) is 15.2. The summed E-state index contributed by atoms with van der Waals surface area (Å²) in [4.78, 5) is 23.3. The number of hydrogen-bond donors (Lipinski definition) is 0. The summed E-state index contributed by atoms with van der Waals surface area (Å²) in [6.45, 7) is 6.82. The zero-order chi connectivity index (χ0) is 13.6. The lowest BCUT2D eigenvalue weighted by molar-refractivity contribution is -0.146. The van der Waals surface area contributed by atoms with E-state index in [0.29, 0.717) is 13.0 Å². The first-order valence-corrected chi connectivity index (χ1v) is 7.13. The molecule has 0 amide bonds. The third-order valence-corrected chi connectivity index (χ3v) is 3.58. The molecule has 0 radical (unpaired) electrons. The molecule has 0 heterocycles. The lowest BCUT2D eigenvalue weighted by Gasteiger charge is -2.15. The molecule has 0 N–H and O–H groups in total. The van der Waals surface area contributed by atoms with Gasteiger partial charge in [-0.3, -0.25) is 9.59 Å². The molecule has 1 saturated carbocycles. The first-order chi connectivity index (χ1) is 8.44. The van der Waals surface area contributed by atoms with Gasteiger partial charge in [0.2, 0.25) is 0 Å². The van der Waals surface area contributed by atoms with E-state index in [1.807, 2.05) is 0 Å². The normalized spacial score (nSPS) is 22.2. The van der Waals surface area contributed by atoms with E-state index in [-0.39, 0.29) is 29.5 Å². The fourth-order valence-corrected chi connectivity index (χ4v) is 2.63. The fraction of sp³-hybridized carbons (Fsp3) is 0.867. The lowest BCUT2D eigenvalue weighted by Crippen LogP contribution is -2.15. The van der Waals surface area contributed by atoms with Crippen LogP contribution in [0, 0.1) is 11.3 Å². The molecule has 1 rings (SSSR count). The highest BCUT2D eigenvalue weighted by Crippen LogP contribution is 2.39. The van der Waals surface area contributed by atoms with Gasteiger partial charge in [-0.15, -0.1) is 0 Å². The van der Waals surface area contributed by atoms with Gasteiger partial charge in [-0.1, -0.05) is 40.0 Å². The van der Waals surface area contributed by atoms with Crippen LogP contribution in [0.3, 0.4) is 0 Å². The van der Waals surface area contributed by atoms with Gasteiger partial charge in [0.1, 0.15) is 5.78 Å². The first-order valence-electron chi connectivity index (χ1n) is 7.13. The third-order valence-electron chi connectivity index (χ3n) is 3.58. The van der Waals surface area contributed by atoms with Crippen molar-refractivity contribution in [3.05, 3.63) is 0 Å². The van der Waals surface area contributed by atoms with Gasteiger partial charge >= 0.3 is 5.97 Å². The Bertz CT molecular complexity index is 294. The van der Waals surface area contributed by atoms with E-state index in [1.165, 1.54) is 12.8 Å². The second-order valence-electron chi connectivity index (χ2n) is 6.19. The SMILES string of the molecule is CCCCCCOC(=O)CC1CC(C)(C)CC1=O. The van der Waals surface area contributed by atoms with E-state index in [0.717, 1.165) is 19.3 Å². The van der Waals surface area contributed by atoms with Gasteiger partial charge in [0.25, 0.3) is 0 Å². The molecular formula is C15H26O3. The molecule has 1 fully saturated rings. The molecule has 18 heavy (non-hydrogen) atoms. The van der Waals surface area contributed by atoms with Crippen LogP contribution < -0.4 is 0 Å². The van der Waals surface area contributed by atoms with E-state index < -0.39 is 0 Å². The summed E-state index contributed by atoms with van der Waals surface area (Å²) in [5, 5.41) is 0. The number of esters is 1. The molecule has 0 bridgehead atoms. The number of rotatable bonds is 7. The van der Waals surface area contributed by atoms with Crippen molar-refractivity contribution in [2.45, 2.75) is 65.7 Å². The summed E-state index contributed by atoms with van der Waals surface area (Å²) in [5.74, 6) is -0.0892. The number of carbonyl (C=O) groups excluding carboxylic acids is 2. The predicted molar refractivity (Wildman–Crippen MR) is 71.2 cm³/mol. The van der Waals surface area contributed by atoms with Crippen LogP contribution in [0.1, 0.15) is 65.7 Å². The molecule has 1 unspecified atom stereocenters. The lowest BCUT2D eigenvalue weighted by atomic mass is 9.90. The van der Waals surface area contributed by atoms with E-state index in [1.54, 1.807) is 0 Å². The number of hydrogen-bond acceptors (Lipinski definition) is 3. The van der Waals surface area contributed by atoms with Crippen molar-refractivity contribution in [3.63, 3.8) is 0 Å². The molecule has 0 saturated heterocycles. The quantitative estimate of drug-likeness (QED) is 0.516.